The van der Waals surface area contributed by atoms with Crippen molar-refractivity contribution in [1.29, 1.82) is 5.26 Å². The molecule has 2 aliphatic heterocycles. The molecule has 3 rings (SSSR count). The second-order valence-electron chi connectivity index (χ2n) is 5.74. The van der Waals surface area contributed by atoms with Crippen molar-refractivity contribution < 1.29 is 8.42 Å². The molecule has 0 radical (unpaired) electrons. The lowest BCUT2D eigenvalue weighted by atomic mass is 10.1. The van der Waals surface area contributed by atoms with Crippen molar-refractivity contribution in [3.8, 4) is 6.07 Å². The molecule has 3 heterocycles. The van der Waals surface area contributed by atoms with Crippen molar-refractivity contribution in [1.82, 2.24) is 9.78 Å². The first-order valence-corrected chi connectivity index (χ1v) is 9.07. The highest BCUT2D eigenvalue weighted by molar-refractivity contribution is 7.91. The molecule has 0 aliphatic carbocycles. The summed E-state index contributed by atoms with van der Waals surface area (Å²) < 4.78 is 24.8. The van der Waals surface area contributed by atoms with E-state index in [0.29, 0.717) is 23.6 Å². The van der Waals surface area contributed by atoms with Crippen LogP contribution in [0.4, 0.5) is 11.6 Å². The lowest BCUT2D eigenvalue weighted by Gasteiger charge is -2.26. The van der Waals surface area contributed by atoms with Crippen molar-refractivity contribution in [2.45, 2.75) is 31.7 Å². The molecule has 0 bridgehead atoms. The van der Waals surface area contributed by atoms with E-state index in [9.17, 15) is 13.7 Å². The van der Waals surface area contributed by atoms with E-state index in [1.807, 2.05) is 0 Å². The molecule has 7 nitrogen and oxygen atoms in total. The van der Waals surface area contributed by atoms with Gasteiger partial charge in [0.05, 0.1) is 17.5 Å². The molecule has 0 aromatic carbocycles. The summed E-state index contributed by atoms with van der Waals surface area (Å²) in [6.45, 7) is 1.74. The minimum atomic E-state index is -3.01. The van der Waals surface area contributed by atoms with Crippen LogP contribution in [0.1, 0.15) is 37.3 Å². The van der Waals surface area contributed by atoms with Gasteiger partial charge in [0.25, 0.3) is 0 Å². The second-order valence-corrected chi connectivity index (χ2v) is 7.97. The van der Waals surface area contributed by atoms with Gasteiger partial charge in [0.15, 0.2) is 15.7 Å². The summed E-state index contributed by atoms with van der Waals surface area (Å²) in [6, 6.07) is 1.88. The average Bonchev–Trinajstić information content (AvgIpc) is 2.99. The van der Waals surface area contributed by atoms with Crippen LogP contribution >= 0.6 is 0 Å². The van der Waals surface area contributed by atoms with Crippen LogP contribution < -0.4 is 10.6 Å². The third-order valence-electron chi connectivity index (χ3n) is 4.25. The molecule has 2 N–H and O–H groups in total. The van der Waals surface area contributed by atoms with E-state index in [4.69, 9.17) is 5.73 Å². The Bertz CT molecular complexity index is 682. The molecule has 0 amide bonds. The maximum atomic E-state index is 11.6. The highest BCUT2D eigenvalue weighted by atomic mass is 32.2. The number of hydrogen-bond donors (Lipinski definition) is 1. The van der Waals surface area contributed by atoms with Gasteiger partial charge in [-0.1, -0.05) is 0 Å². The third kappa shape index (κ3) is 2.58. The number of nitriles is 1. The second kappa shape index (κ2) is 5.22. The Labute approximate surface area is 124 Å². The predicted molar refractivity (Wildman–Crippen MR) is 79.7 cm³/mol. The van der Waals surface area contributed by atoms with Gasteiger partial charge in [-0.15, -0.1) is 0 Å². The average molecular weight is 309 g/mol. The molecule has 8 heteroatoms. The van der Waals surface area contributed by atoms with Crippen molar-refractivity contribution in [2.24, 2.45) is 0 Å². The van der Waals surface area contributed by atoms with Gasteiger partial charge >= 0.3 is 0 Å². The van der Waals surface area contributed by atoms with E-state index >= 15 is 0 Å². The molecule has 1 unspecified atom stereocenters. The summed E-state index contributed by atoms with van der Waals surface area (Å²) in [5.74, 6) is 1.13. The number of piperidine rings is 1. The van der Waals surface area contributed by atoms with E-state index in [1.54, 1.807) is 4.68 Å². The fraction of sp³-hybridized carbons (Fsp3) is 0.692. The lowest BCUT2D eigenvalue weighted by Crippen LogP contribution is -2.30. The number of sulfone groups is 1. The number of aromatic nitrogens is 2. The van der Waals surface area contributed by atoms with Gasteiger partial charge in [-0.05, 0) is 25.7 Å². The Morgan fingerprint density at radius 2 is 2.00 bits per heavy atom. The zero-order valence-corrected chi connectivity index (χ0v) is 12.6. The number of anilines is 2. The summed E-state index contributed by atoms with van der Waals surface area (Å²) in [5, 5.41) is 13.8. The van der Waals surface area contributed by atoms with Crippen LogP contribution in [0.25, 0.3) is 0 Å². The van der Waals surface area contributed by atoms with Crippen LogP contribution in [0.2, 0.25) is 0 Å². The van der Waals surface area contributed by atoms with Gasteiger partial charge in [-0.3, -0.25) is 0 Å². The van der Waals surface area contributed by atoms with Crippen LogP contribution in [-0.2, 0) is 9.84 Å². The summed E-state index contributed by atoms with van der Waals surface area (Å²) >= 11 is 0. The Kier molecular flexibility index (Phi) is 3.53. The minimum absolute atomic E-state index is 0.0587. The zero-order valence-electron chi connectivity index (χ0n) is 11.8. The molecule has 114 valence electrons. The van der Waals surface area contributed by atoms with E-state index in [2.05, 4.69) is 16.1 Å². The molecule has 0 spiro atoms. The topological polar surface area (TPSA) is 105 Å². The van der Waals surface area contributed by atoms with Gasteiger partial charge in [-0.2, -0.15) is 10.4 Å². The first-order chi connectivity index (χ1) is 10.0. The SMILES string of the molecule is N#Cc1c(N2CCCCC2)nn(C2CCS(=O)(=O)C2)c1N. The summed E-state index contributed by atoms with van der Waals surface area (Å²) in [4.78, 5) is 2.08. The normalized spacial score (nSPS) is 24.9. The summed E-state index contributed by atoms with van der Waals surface area (Å²) in [6.07, 6.45) is 3.86. The molecular weight excluding hydrogens is 290 g/mol. The summed E-state index contributed by atoms with van der Waals surface area (Å²) in [5.41, 5.74) is 6.42. The fourth-order valence-electron chi connectivity index (χ4n) is 3.12. The van der Waals surface area contributed by atoms with Crippen molar-refractivity contribution >= 4 is 21.5 Å². The smallest absolute Gasteiger partial charge is 0.170 e. The zero-order chi connectivity index (χ0) is 15.0. The fourth-order valence-corrected chi connectivity index (χ4v) is 4.81. The maximum Gasteiger partial charge on any atom is 0.170 e. The minimum Gasteiger partial charge on any atom is -0.383 e. The van der Waals surface area contributed by atoms with Crippen LogP contribution in [-0.4, -0.2) is 42.8 Å². The number of nitrogen functional groups attached to an aromatic ring is 1. The Morgan fingerprint density at radius 1 is 1.29 bits per heavy atom. The summed E-state index contributed by atoms with van der Waals surface area (Å²) in [7, 11) is -3.01. The number of nitrogens with two attached hydrogens (primary N) is 1. The highest BCUT2D eigenvalue weighted by Gasteiger charge is 2.33. The molecule has 1 aromatic heterocycles. The standard InChI is InChI=1S/C13H19N5O2S/c14-8-11-12(15)18(10-4-7-21(19,20)9-10)16-13(11)17-5-2-1-3-6-17/h10H,1-7,9,15H2. The van der Waals surface area contributed by atoms with Crippen molar-refractivity contribution in [3.63, 3.8) is 0 Å². The van der Waals surface area contributed by atoms with Gasteiger partial charge in [0.2, 0.25) is 0 Å². The van der Waals surface area contributed by atoms with Crippen molar-refractivity contribution in [3.05, 3.63) is 5.56 Å². The molecule has 0 saturated carbocycles. The van der Waals surface area contributed by atoms with Crippen LogP contribution in [0.3, 0.4) is 0 Å². The molecule has 1 aromatic rings. The quantitative estimate of drug-likeness (QED) is 0.861. The van der Waals surface area contributed by atoms with Gasteiger partial charge in [0.1, 0.15) is 17.5 Å². The maximum absolute atomic E-state index is 11.6. The van der Waals surface area contributed by atoms with E-state index in [0.717, 1.165) is 25.9 Å². The molecule has 2 fully saturated rings. The predicted octanol–water partition coefficient (Wildman–Crippen LogP) is 0.687. The van der Waals surface area contributed by atoms with Crippen LogP contribution in [0.15, 0.2) is 0 Å². The van der Waals surface area contributed by atoms with Gasteiger partial charge < -0.3 is 10.6 Å². The molecule has 1 atom stereocenters. The largest absolute Gasteiger partial charge is 0.383 e. The molecular formula is C13H19N5O2S. The first-order valence-electron chi connectivity index (χ1n) is 7.25. The Balaban J connectivity index is 1.96. The first kappa shape index (κ1) is 14.2. The van der Waals surface area contributed by atoms with Crippen LogP contribution in [0.5, 0.6) is 0 Å². The number of rotatable bonds is 2. The molecule has 2 saturated heterocycles. The van der Waals surface area contributed by atoms with Gasteiger partial charge in [0, 0.05) is 13.1 Å². The highest BCUT2D eigenvalue weighted by Crippen LogP contribution is 2.32. The Morgan fingerprint density at radius 3 is 2.57 bits per heavy atom. The van der Waals surface area contributed by atoms with E-state index in [1.165, 1.54) is 6.42 Å². The Hall–Kier alpha value is -1.75. The molecule has 21 heavy (non-hydrogen) atoms. The number of nitrogens with zero attached hydrogens (tertiary/aromatic N) is 4. The lowest BCUT2D eigenvalue weighted by molar-refractivity contribution is 0.500. The third-order valence-corrected chi connectivity index (χ3v) is 6.00. The van der Waals surface area contributed by atoms with E-state index in [-0.39, 0.29) is 17.5 Å². The van der Waals surface area contributed by atoms with E-state index < -0.39 is 9.84 Å². The van der Waals surface area contributed by atoms with Crippen molar-refractivity contribution in [2.75, 3.05) is 35.2 Å². The van der Waals surface area contributed by atoms with Crippen LogP contribution in [0, 0.1) is 11.3 Å². The number of hydrogen-bond acceptors (Lipinski definition) is 6. The monoisotopic (exact) mass is 309 g/mol. The molecule has 2 aliphatic rings. The van der Waals surface area contributed by atoms with Gasteiger partial charge in [-0.25, -0.2) is 13.1 Å².